The number of amides is 2. The molecule has 10 heteroatoms. The van der Waals surface area contributed by atoms with Crippen molar-refractivity contribution in [3.8, 4) is 0 Å². The molecule has 0 spiro atoms. The van der Waals surface area contributed by atoms with E-state index < -0.39 is 0 Å². The van der Waals surface area contributed by atoms with Crippen LogP contribution in [0.3, 0.4) is 0 Å². The fourth-order valence-electron chi connectivity index (χ4n) is 3.17. The standard InChI is InChI=1S/C18H23N5O2S.2ClH/c19-7-6-16-22-14(11-26-16)18(25)21-13-4-1-3-12(9-13)10-23-8-2-5-15(23)17(20)24;;/h1,3-4,9,11,15H,2,5-8,10,19H2,(H2,20,24)(H,21,25);2*1H. The number of nitrogens with two attached hydrogens (primary N) is 2. The highest BCUT2D eigenvalue weighted by Crippen LogP contribution is 2.21. The summed E-state index contributed by atoms with van der Waals surface area (Å²) in [5, 5.41) is 5.48. The number of benzene rings is 1. The Morgan fingerprint density at radius 1 is 1.32 bits per heavy atom. The van der Waals surface area contributed by atoms with E-state index in [4.69, 9.17) is 11.5 Å². The largest absolute Gasteiger partial charge is 0.368 e. The summed E-state index contributed by atoms with van der Waals surface area (Å²) in [6.07, 6.45) is 2.45. The summed E-state index contributed by atoms with van der Waals surface area (Å²) in [6, 6.07) is 7.42. The topological polar surface area (TPSA) is 114 Å². The number of hydrogen-bond acceptors (Lipinski definition) is 6. The van der Waals surface area contributed by atoms with Crippen molar-refractivity contribution in [2.75, 3.05) is 18.4 Å². The van der Waals surface area contributed by atoms with E-state index in [1.54, 1.807) is 5.38 Å². The molecular weight excluding hydrogens is 421 g/mol. The van der Waals surface area contributed by atoms with Gasteiger partial charge in [0, 0.05) is 24.0 Å². The van der Waals surface area contributed by atoms with Gasteiger partial charge in [-0.3, -0.25) is 14.5 Å². The first kappa shape index (κ1) is 24.3. The van der Waals surface area contributed by atoms with Crippen LogP contribution in [-0.2, 0) is 17.8 Å². The molecule has 2 amide bonds. The Morgan fingerprint density at radius 2 is 2.11 bits per heavy atom. The number of thiazole rings is 1. The third kappa shape index (κ3) is 6.15. The maximum atomic E-state index is 12.4. The highest BCUT2D eigenvalue weighted by molar-refractivity contribution is 7.09. The van der Waals surface area contributed by atoms with E-state index in [0.717, 1.165) is 30.0 Å². The zero-order valence-corrected chi connectivity index (χ0v) is 17.7. The molecule has 3 rings (SSSR count). The molecular formula is C18H25Cl2N5O2S. The van der Waals surface area contributed by atoms with E-state index in [9.17, 15) is 9.59 Å². The van der Waals surface area contributed by atoms with Crippen LogP contribution in [0.1, 0.15) is 33.9 Å². The van der Waals surface area contributed by atoms with Gasteiger partial charge in [0.05, 0.1) is 11.0 Å². The Morgan fingerprint density at radius 3 is 2.82 bits per heavy atom. The minimum atomic E-state index is -0.274. The number of carbonyl (C=O) groups excluding carboxylic acids is 2. The highest BCUT2D eigenvalue weighted by atomic mass is 35.5. The number of likely N-dealkylation sites (tertiary alicyclic amines) is 1. The Labute approximate surface area is 180 Å². The summed E-state index contributed by atoms with van der Waals surface area (Å²) in [5.41, 5.74) is 13.1. The minimum Gasteiger partial charge on any atom is -0.368 e. The van der Waals surface area contributed by atoms with E-state index in [0.29, 0.717) is 30.9 Å². The average Bonchev–Trinajstić information content (AvgIpc) is 3.25. The zero-order valence-electron chi connectivity index (χ0n) is 15.3. The van der Waals surface area contributed by atoms with Crippen molar-refractivity contribution in [1.82, 2.24) is 9.88 Å². The lowest BCUT2D eigenvalue weighted by atomic mass is 10.1. The quantitative estimate of drug-likeness (QED) is 0.603. The molecule has 1 aromatic heterocycles. The molecule has 7 nitrogen and oxygen atoms in total. The molecule has 154 valence electrons. The van der Waals surface area contributed by atoms with Crippen molar-refractivity contribution in [2.24, 2.45) is 11.5 Å². The molecule has 1 unspecified atom stereocenters. The van der Waals surface area contributed by atoms with E-state index >= 15 is 0 Å². The Hall–Kier alpha value is -1.71. The molecule has 28 heavy (non-hydrogen) atoms. The molecule has 2 heterocycles. The molecule has 1 saturated heterocycles. The van der Waals surface area contributed by atoms with Gasteiger partial charge in [-0.15, -0.1) is 36.2 Å². The van der Waals surface area contributed by atoms with Gasteiger partial charge in [-0.05, 0) is 43.6 Å². The second kappa shape index (κ2) is 11.3. The van der Waals surface area contributed by atoms with Crippen LogP contribution in [0.15, 0.2) is 29.6 Å². The van der Waals surface area contributed by atoms with E-state index in [2.05, 4.69) is 15.2 Å². The number of carbonyl (C=O) groups is 2. The molecule has 1 atom stereocenters. The van der Waals surface area contributed by atoms with Crippen LogP contribution in [0.5, 0.6) is 0 Å². The van der Waals surface area contributed by atoms with Crippen molar-refractivity contribution in [1.29, 1.82) is 0 Å². The van der Waals surface area contributed by atoms with Crippen LogP contribution >= 0.6 is 36.2 Å². The predicted molar refractivity (Wildman–Crippen MR) is 116 cm³/mol. The summed E-state index contributed by atoms with van der Waals surface area (Å²) in [7, 11) is 0. The van der Waals surface area contributed by atoms with E-state index in [1.807, 2.05) is 24.3 Å². The molecule has 1 aliphatic heterocycles. The summed E-state index contributed by atoms with van der Waals surface area (Å²) in [5.74, 6) is -0.512. The smallest absolute Gasteiger partial charge is 0.275 e. The summed E-state index contributed by atoms with van der Waals surface area (Å²) in [6.45, 7) is 2.00. The summed E-state index contributed by atoms with van der Waals surface area (Å²) < 4.78 is 0. The first-order chi connectivity index (χ1) is 12.6. The SMILES string of the molecule is Cl.Cl.NCCc1nc(C(=O)Nc2cccc(CN3CCCC3C(N)=O)c2)cs1. The Kier molecular flexibility index (Phi) is 9.84. The maximum Gasteiger partial charge on any atom is 0.275 e. The van der Waals surface area contributed by atoms with Crippen LogP contribution in [-0.4, -0.2) is 40.8 Å². The number of primary amides is 1. The van der Waals surface area contributed by atoms with Crippen LogP contribution < -0.4 is 16.8 Å². The highest BCUT2D eigenvalue weighted by Gasteiger charge is 2.28. The molecule has 0 bridgehead atoms. The molecule has 1 aliphatic rings. The second-order valence-electron chi connectivity index (χ2n) is 6.35. The fraction of sp³-hybridized carbons (Fsp3) is 0.389. The van der Waals surface area contributed by atoms with Gasteiger partial charge in [0.15, 0.2) is 0 Å². The first-order valence-corrected chi connectivity index (χ1v) is 9.53. The van der Waals surface area contributed by atoms with Crippen molar-refractivity contribution in [2.45, 2.75) is 31.8 Å². The van der Waals surface area contributed by atoms with Crippen molar-refractivity contribution < 1.29 is 9.59 Å². The number of anilines is 1. The maximum absolute atomic E-state index is 12.4. The first-order valence-electron chi connectivity index (χ1n) is 8.65. The number of halogens is 2. The van der Waals surface area contributed by atoms with Gasteiger partial charge in [-0.2, -0.15) is 0 Å². The molecule has 0 radical (unpaired) electrons. The number of rotatable bonds is 7. The lowest BCUT2D eigenvalue weighted by Crippen LogP contribution is -2.39. The van der Waals surface area contributed by atoms with Gasteiger partial charge in [0.1, 0.15) is 5.69 Å². The Bertz CT molecular complexity index is 802. The van der Waals surface area contributed by atoms with E-state index in [1.165, 1.54) is 11.3 Å². The minimum absolute atomic E-state index is 0. The third-order valence-corrected chi connectivity index (χ3v) is 5.31. The predicted octanol–water partition coefficient (Wildman–Crippen LogP) is 2.19. The summed E-state index contributed by atoms with van der Waals surface area (Å²) in [4.78, 5) is 30.3. The Balaban J connectivity index is 0.00000196. The lowest BCUT2D eigenvalue weighted by molar-refractivity contribution is -0.122. The monoisotopic (exact) mass is 445 g/mol. The van der Waals surface area contributed by atoms with Crippen LogP contribution in [0.2, 0.25) is 0 Å². The molecule has 2 aromatic rings. The normalized spacial score (nSPS) is 16.1. The van der Waals surface area contributed by atoms with Gasteiger partial charge >= 0.3 is 0 Å². The van der Waals surface area contributed by atoms with Crippen LogP contribution in [0.25, 0.3) is 0 Å². The molecule has 5 N–H and O–H groups in total. The average molecular weight is 446 g/mol. The number of nitrogens with one attached hydrogen (secondary N) is 1. The van der Waals surface area contributed by atoms with Crippen LogP contribution in [0.4, 0.5) is 5.69 Å². The van der Waals surface area contributed by atoms with Crippen LogP contribution in [0, 0.1) is 0 Å². The van der Waals surface area contributed by atoms with Gasteiger partial charge in [0.2, 0.25) is 5.91 Å². The zero-order chi connectivity index (χ0) is 18.5. The molecule has 1 fully saturated rings. The number of aromatic nitrogens is 1. The van der Waals surface area contributed by atoms with Gasteiger partial charge in [-0.25, -0.2) is 4.98 Å². The summed E-state index contributed by atoms with van der Waals surface area (Å²) >= 11 is 1.44. The van der Waals surface area contributed by atoms with Crippen molar-refractivity contribution >= 4 is 53.7 Å². The van der Waals surface area contributed by atoms with Crippen molar-refractivity contribution in [3.63, 3.8) is 0 Å². The van der Waals surface area contributed by atoms with E-state index in [-0.39, 0.29) is 42.7 Å². The molecule has 0 aliphatic carbocycles. The van der Waals surface area contributed by atoms with Gasteiger partial charge in [-0.1, -0.05) is 12.1 Å². The number of nitrogens with zero attached hydrogens (tertiary/aromatic N) is 2. The van der Waals surface area contributed by atoms with Gasteiger partial charge in [0.25, 0.3) is 5.91 Å². The number of hydrogen-bond donors (Lipinski definition) is 3. The lowest BCUT2D eigenvalue weighted by Gasteiger charge is -2.22. The second-order valence-corrected chi connectivity index (χ2v) is 7.29. The molecule has 0 saturated carbocycles. The fourth-order valence-corrected chi connectivity index (χ4v) is 3.96. The molecule has 1 aromatic carbocycles. The van der Waals surface area contributed by atoms with Gasteiger partial charge < -0.3 is 16.8 Å². The van der Waals surface area contributed by atoms with Crippen molar-refractivity contribution in [3.05, 3.63) is 45.9 Å². The third-order valence-electron chi connectivity index (χ3n) is 4.41.